The van der Waals surface area contributed by atoms with Gasteiger partial charge >= 0.3 is 0 Å². The zero-order valence-electron chi connectivity index (χ0n) is 16.8. The van der Waals surface area contributed by atoms with E-state index in [4.69, 9.17) is 18.9 Å². The molecular formula is C20H32BrNO5. The van der Waals surface area contributed by atoms with E-state index in [1.165, 1.54) is 0 Å². The quantitative estimate of drug-likeness (QED) is 0.255. The average molecular weight is 446 g/mol. The third-order valence-electron chi connectivity index (χ3n) is 4.46. The maximum atomic E-state index is 9.29. The zero-order valence-corrected chi connectivity index (χ0v) is 18.4. The SMILES string of the molecule is C=CC(C)(CCCO)C(OCOC)c1ncc(Br)c(OCCCC)c1OC. The third-order valence-corrected chi connectivity index (χ3v) is 5.03. The van der Waals surface area contributed by atoms with Crippen molar-refractivity contribution in [2.45, 2.75) is 45.6 Å². The molecule has 0 fully saturated rings. The van der Waals surface area contributed by atoms with Crippen molar-refractivity contribution in [3.8, 4) is 11.5 Å². The van der Waals surface area contributed by atoms with E-state index in [2.05, 4.69) is 34.4 Å². The molecule has 0 aliphatic heterocycles. The summed E-state index contributed by atoms with van der Waals surface area (Å²) in [4.78, 5) is 4.57. The van der Waals surface area contributed by atoms with Gasteiger partial charge in [-0.05, 0) is 35.2 Å². The molecule has 0 aromatic carbocycles. The van der Waals surface area contributed by atoms with Crippen molar-refractivity contribution in [1.29, 1.82) is 0 Å². The lowest BCUT2D eigenvalue weighted by molar-refractivity contribution is -0.111. The molecule has 2 atom stereocenters. The minimum Gasteiger partial charge on any atom is -0.491 e. The van der Waals surface area contributed by atoms with Crippen LogP contribution in [0.1, 0.15) is 51.3 Å². The number of nitrogens with zero attached hydrogens (tertiary/aromatic N) is 1. The number of rotatable bonds is 14. The molecule has 1 aromatic heterocycles. The Kier molecular flexibility index (Phi) is 10.9. The molecule has 0 aliphatic rings. The molecule has 0 saturated carbocycles. The van der Waals surface area contributed by atoms with Gasteiger partial charge < -0.3 is 24.1 Å². The normalized spacial score (nSPS) is 14.4. The molecule has 2 unspecified atom stereocenters. The molecule has 1 heterocycles. The predicted molar refractivity (Wildman–Crippen MR) is 109 cm³/mol. The Morgan fingerprint density at radius 2 is 2.07 bits per heavy atom. The first-order valence-corrected chi connectivity index (χ1v) is 9.98. The molecule has 1 rings (SSSR count). The lowest BCUT2D eigenvalue weighted by Crippen LogP contribution is -2.28. The van der Waals surface area contributed by atoms with E-state index in [-0.39, 0.29) is 13.4 Å². The maximum absolute atomic E-state index is 9.29. The van der Waals surface area contributed by atoms with Crippen molar-refractivity contribution in [3.05, 3.63) is 29.0 Å². The Bertz CT molecular complexity index is 584. The van der Waals surface area contributed by atoms with Gasteiger partial charge in [0.1, 0.15) is 18.6 Å². The van der Waals surface area contributed by atoms with E-state index in [0.717, 1.165) is 17.3 Å². The molecule has 6 nitrogen and oxygen atoms in total. The lowest BCUT2D eigenvalue weighted by atomic mass is 9.78. The van der Waals surface area contributed by atoms with Crippen LogP contribution in [0.3, 0.4) is 0 Å². The smallest absolute Gasteiger partial charge is 0.186 e. The van der Waals surface area contributed by atoms with Gasteiger partial charge in [0.15, 0.2) is 11.5 Å². The summed E-state index contributed by atoms with van der Waals surface area (Å²) in [5.74, 6) is 1.13. The number of pyridine rings is 1. The topological polar surface area (TPSA) is 70.0 Å². The largest absolute Gasteiger partial charge is 0.491 e. The number of halogens is 1. The average Bonchev–Trinajstić information content (AvgIpc) is 2.68. The van der Waals surface area contributed by atoms with Crippen LogP contribution in [0, 0.1) is 5.41 Å². The molecule has 0 amide bonds. The van der Waals surface area contributed by atoms with E-state index >= 15 is 0 Å². The number of hydrogen-bond acceptors (Lipinski definition) is 6. The van der Waals surface area contributed by atoms with E-state index in [0.29, 0.717) is 36.6 Å². The fraction of sp³-hybridized carbons (Fsp3) is 0.650. The van der Waals surface area contributed by atoms with Gasteiger partial charge in [-0.3, -0.25) is 4.98 Å². The Morgan fingerprint density at radius 3 is 2.63 bits per heavy atom. The standard InChI is InChI=1S/C20H32BrNO5/c1-6-8-12-26-17-15(21)13-22-16(18(17)25-5)19(27-14-24-4)20(3,7-2)10-9-11-23/h7,13,19,23H,2,6,8-12,14H2,1,3-5H3. The molecule has 7 heteroatoms. The Labute approximate surface area is 171 Å². The summed E-state index contributed by atoms with van der Waals surface area (Å²) in [5.41, 5.74) is 0.139. The van der Waals surface area contributed by atoms with E-state index in [9.17, 15) is 5.11 Å². The van der Waals surface area contributed by atoms with Gasteiger partial charge in [-0.1, -0.05) is 26.3 Å². The van der Waals surface area contributed by atoms with Crippen LogP contribution in [0.2, 0.25) is 0 Å². The molecule has 0 aliphatic carbocycles. The Balaban J connectivity index is 3.38. The van der Waals surface area contributed by atoms with Crippen molar-refractivity contribution in [1.82, 2.24) is 4.98 Å². The summed E-state index contributed by atoms with van der Waals surface area (Å²) in [5, 5.41) is 9.29. The van der Waals surface area contributed by atoms with Crippen LogP contribution in [0.25, 0.3) is 0 Å². The molecule has 154 valence electrons. The van der Waals surface area contributed by atoms with Crippen molar-refractivity contribution in [2.75, 3.05) is 34.2 Å². The van der Waals surface area contributed by atoms with Crippen LogP contribution in [-0.4, -0.2) is 44.3 Å². The summed E-state index contributed by atoms with van der Waals surface area (Å²) in [7, 11) is 3.16. The van der Waals surface area contributed by atoms with E-state index in [1.807, 2.05) is 13.0 Å². The number of methoxy groups -OCH3 is 2. The number of unbranched alkanes of at least 4 members (excludes halogenated alkanes) is 1. The van der Waals surface area contributed by atoms with E-state index in [1.54, 1.807) is 20.4 Å². The zero-order chi connectivity index (χ0) is 20.3. The monoisotopic (exact) mass is 445 g/mol. The number of aromatic nitrogens is 1. The van der Waals surface area contributed by atoms with E-state index < -0.39 is 11.5 Å². The minimum atomic E-state index is -0.476. The highest BCUT2D eigenvalue weighted by molar-refractivity contribution is 9.10. The van der Waals surface area contributed by atoms with Crippen molar-refractivity contribution in [2.24, 2.45) is 5.41 Å². The number of aliphatic hydroxyl groups is 1. The predicted octanol–water partition coefficient (Wildman–Crippen LogP) is 4.66. The van der Waals surface area contributed by atoms with Crippen LogP contribution in [0.5, 0.6) is 11.5 Å². The highest BCUT2D eigenvalue weighted by Gasteiger charge is 2.37. The van der Waals surface area contributed by atoms with Gasteiger partial charge in [0.05, 0.1) is 18.2 Å². The molecular weight excluding hydrogens is 414 g/mol. The van der Waals surface area contributed by atoms with Crippen molar-refractivity contribution >= 4 is 15.9 Å². The van der Waals surface area contributed by atoms with Crippen LogP contribution in [0.4, 0.5) is 0 Å². The molecule has 1 N–H and O–H groups in total. The highest BCUT2D eigenvalue weighted by atomic mass is 79.9. The maximum Gasteiger partial charge on any atom is 0.186 e. The van der Waals surface area contributed by atoms with Gasteiger partial charge in [-0.2, -0.15) is 0 Å². The fourth-order valence-electron chi connectivity index (χ4n) is 2.82. The molecule has 0 spiro atoms. The van der Waals surface area contributed by atoms with Crippen LogP contribution in [0.15, 0.2) is 23.3 Å². The number of ether oxygens (including phenoxy) is 4. The summed E-state index contributed by atoms with van der Waals surface area (Å²) >= 11 is 3.50. The molecule has 0 radical (unpaired) electrons. The van der Waals surface area contributed by atoms with Gasteiger partial charge in [0, 0.05) is 25.3 Å². The van der Waals surface area contributed by atoms with Crippen molar-refractivity contribution < 1.29 is 24.1 Å². The molecule has 0 saturated heterocycles. The van der Waals surface area contributed by atoms with Crippen LogP contribution >= 0.6 is 15.9 Å². The highest BCUT2D eigenvalue weighted by Crippen LogP contribution is 2.48. The first-order valence-electron chi connectivity index (χ1n) is 9.19. The van der Waals surface area contributed by atoms with Gasteiger partial charge in [-0.15, -0.1) is 6.58 Å². The Hall–Kier alpha value is -1.15. The third kappa shape index (κ3) is 6.45. The fourth-order valence-corrected chi connectivity index (χ4v) is 3.22. The number of hydrogen-bond donors (Lipinski definition) is 1. The van der Waals surface area contributed by atoms with Gasteiger partial charge in [0.25, 0.3) is 0 Å². The summed E-state index contributed by atoms with van der Waals surface area (Å²) in [6.45, 7) is 8.90. The summed E-state index contributed by atoms with van der Waals surface area (Å²) < 4.78 is 23.5. The first-order chi connectivity index (χ1) is 13.0. The van der Waals surface area contributed by atoms with Gasteiger partial charge in [0.2, 0.25) is 0 Å². The number of aliphatic hydroxyl groups excluding tert-OH is 1. The lowest BCUT2D eigenvalue weighted by Gasteiger charge is -2.35. The molecule has 1 aromatic rings. The summed E-state index contributed by atoms with van der Waals surface area (Å²) in [6, 6.07) is 0. The second kappa shape index (κ2) is 12.3. The van der Waals surface area contributed by atoms with Crippen LogP contribution < -0.4 is 9.47 Å². The minimum absolute atomic E-state index is 0.0940. The molecule has 27 heavy (non-hydrogen) atoms. The Morgan fingerprint density at radius 1 is 1.33 bits per heavy atom. The van der Waals surface area contributed by atoms with Crippen molar-refractivity contribution in [3.63, 3.8) is 0 Å². The second-order valence-electron chi connectivity index (χ2n) is 6.55. The second-order valence-corrected chi connectivity index (χ2v) is 7.40. The van der Waals surface area contributed by atoms with Crippen LogP contribution in [-0.2, 0) is 9.47 Å². The molecule has 0 bridgehead atoms. The summed E-state index contributed by atoms with van der Waals surface area (Å²) in [6.07, 6.45) is 6.33. The van der Waals surface area contributed by atoms with Gasteiger partial charge in [-0.25, -0.2) is 0 Å². The first kappa shape index (κ1) is 23.9.